The number of carbonyl (C=O) groups is 2. The minimum Gasteiger partial charge on any atom is -0.327 e. The summed E-state index contributed by atoms with van der Waals surface area (Å²) < 4.78 is 2.11. The van der Waals surface area contributed by atoms with Gasteiger partial charge in [0.05, 0.1) is 17.1 Å². The summed E-state index contributed by atoms with van der Waals surface area (Å²) in [5, 5.41) is 0.607. The van der Waals surface area contributed by atoms with Crippen molar-refractivity contribution < 1.29 is 9.59 Å². The lowest BCUT2D eigenvalue weighted by Gasteiger charge is -2.40. The highest BCUT2D eigenvalue weighted by molar-refractivity contribution is 6.30. The molecule has 6 heteroatoms. The van der Waals surface area contributed by atoms with Gasteiger partial charge in [-0.05, 0) is 74.9 Å². The summed E-state index contributed by atoms with van der Waals surface area (Å²) in [6.07, 6.45) is 2.01. The first-order valence-electron chi connectivity index (χ1n) is 12.1. The van der Waals surface area contributed by atoms with E-state index in [4.69, 9.17) is 11.6 Å². The van der Waals surface area contributed by atoms with Crippen molar-refractivity contribution in [1.29, 1.82) is 0 Å². The van der Waals surface area contributed by atoms with Crippen LogP contribution in [0.2, 0.25) is 5.02 Å². The molecule has 0 bridgehead atoms. The number of halogens is 1. The number of nitrogens with zero attached hydrogens (tertiary/aromatic N) is 3. The van der Waals surface area contributed by atoms with Crippen molar-refractivity contribution in [2.24, 2.45) is 0 Å². The van der Waals surface area contributed by atoms with Gasteiger partial charge in [-0.1, -0.05) is 53.6 Å². The van der Waals surface area contributed by atoms with Crippen molar-refractivity contribution in [3.05, 3.63) is 119 Å². The number of anilines is 1. The Labute approximate surface area is 216 Å². The third kappa shape index (κ3) is 4.31. The van der Waals surface area contributed by atoms with Gasteiger partial charge in [-0.2, -0.15) is 0 Å². The summed E-state index contributed by atoms with van der Waals surface area (Å²) >= 11 is 6.38. The molecule has 0 saturated carbocycles. The van der Waals surface area contributed by atoms with E-state index in [0.717, 1.165) is 28.2 Å². The molecule has 0 radical (unpaired) electrons. The normalized spacial score (nSPS) is 14.4. The van der Waals surface area contributed by atoms with Crippen molar-refractivity contribution in [1.82, 2.24) is 9.47 Å². The fraction of sp³-hybridized carbons (Fsp3) is 0.200. The molecule has 0 unspecified atom stereocenters. The summed E-state index contributed by atoms with van der Waals surface area (Å²) in [5.41, 5.74) is 5.24. The quantitative estimate of drug-likeness (QED) is 0.319. The maximum absolute atomic E-state index is 14.2. The lowest BCUT2D eigenvalue weighted by Crippen LogP contribution is -2.48. The number of aromatic nitrogens is 1. The molecule has 0 N–H and O–H groups in total. The number of fused-ring (bicyclic) bond motifs is 3. The fourth-order valence-electron chi connectivity index (χ4n) is 4.83. The van der Waals surface area contributed by atoms with Crippen LogP contribution in [-0.2, 0) is 4.79 Å². The Morgan fingerprint density at radius 1 is 0.917 bits per heavy atom. The topological polar surface area (TPSA) is 45.6 Å². The van der Waals surface area contributed by atoms with Gasteiger partial charge in [-0.25, -0.2) is 0 Å². The van der Waals surface area contributed by atoms with E-state index >= 15 is 0 Å². The average Bonchev–Trinajstić information content (AvgIpc) is 3.36. The third-order valence-corrected chi connectivity index (χ3v) is 6.88. The molecule has 3 aromatic carbocycles. The third-order valence-electron chi connectivity index (χ3n) is 6.64. The molecule has 0 fully saturated rings. The van der Waals surface area contributed by atoms with Crippen molar-refractivity contribution in [2.75, 3.05) is 11.4 Å². The van der Waals surface area contributed by atoms with E-state index in [2.05, 4.69) is 4.57 Å². The molecule has 1 aliphatic heterocycles. The molecular formula is C30H28ClN3O2. The molecule has 0 aliphatic carbocycles. The predicted octanol–water partition coefficient (Wildman–Crippen LogP) is 6.43. The highest BCUT2D eigenvalue weighted by Gasteiger charge is 2.37. The Morgan fingerprint density at radius 2 is 1.64 bits per heavy atom. The van der Waals surface area contributed by atoms with Crippen LogP contribution in [0.25, 0.3) is 5.69 Å². The van der Waals surface area contributed by atoms with Gasteiger partial charge >= 0.3 is 0 Å². The number of hydrogen-bond donors (Lipinski definition) is 0. The SMILES string of the molecule is Cc1ccc(C(=O)N(CC(=O)N2c3ccccc3-n3cccc3[C@H]2c2cccc(Cl)c2)C(C)C)cc1. The zero-order valence-electron chi connectivity index (χ0n) is 20.6. The van der Waals surface area contributed by atoms with E-state index in [1.807, 2.05) is 117 Å². The summed E-state index contributed by atoms with van der Waals surface area (Å²) in [5.74, 6) is -0.319. The number of para-hydroxylation sites is 2. The first-order valence-corrected chi connectivity index (χ1v) is 12.4. The number of aryl methyl sites for hydroxylation is 1. The Bertz CT molecular complexity index is 1420. The summed E-state index contributed by atoms with van der Waals surface area (Å²) in [6, 6.07) is 26.4. The Hall–Kier alpha value is -3.83. The van der Waals surface area contributed by atoms with Crippen LogP contribution in [0.4, 0.5) is 5.69 Å². The highest BCUT2D eigenvalue weighted by Crippen LogP contribution is 2.42. The number of carbonyl (C=O) groups excluding carboxylic acids is 2. The molecule has 2 amide bonds. The highest BCUT2D eigenvalue weighted by atomic mass is 35.5. The minimum atomic E-state index is -0.385. The van der Waals surface area contributed by atoms with Gasteiger partial charge in [-0.15, -0.1) is 0 Å². The monoisotopic (exact) mass is 497 g/mol. The number of amides is 2. The molecule has 1 aliphatic rings. The van der Waals surface area contributed by atoms with Crippen molar-refractivity contribution in [2.45, 2.75) is 32.9 Å². The van der Waals surface area contributed by atoms with Crippen LogP contribution >= 0.6 is 11.6 Å². The van der Waals surface area contributed by atoms with Crippen LogP contribution in [0.5, 0.6) is 0 Å². The second-order valence-corrected chi connectivity index (χ2v) is 9.84. The number of benzene rings is 3. The lowest BCUT2D eigenvalue weighted by molar-refractivity contribution is -0.120. The Balaban J connectivity index is 1.57. The van der Waals surface area contributed by atoms with E-state index in [0.29, 0.717) is 10.6 Å². The number of hydrogen-bond acceptors (Lipinski definition) is 2. The van der Waals surface area contributed by atoms with Crippen LogP contribution in [0, 0.1) is 6.92 Å². The molecular weight excluding hydrogens is 470 g/mol. The van der Waals surface area contributed by atoms with Crippen molar-refractivity contribution in [3.63, 3.8) is 0 Å². The predicted molar refractivity (Wildman–Crippen MR) is 144 cm³/mol. The van der Waals surface area contributed by atoms with E-state index in [1.54, 1.807) is 4.90 Å². The average molecular weight is 498 g/mol. The maximum Gasteiger partial charge on any atom is 0.254 e. The molecule has 0 saturated heterocycles. The largest absolute Gasteiger partial charge is 0.327 e. The Morgan fingerprint density at radius 3 is 2.33 bits per heavy atom. The first-order chi connectivity index (χ1) is 17.3. The fourth-order valence-corrected chi connectivity index (χ4v) is 5.03. The molecule has 182 valence electrons. The van der Waals surface area contributed by atoms with E-state index in [1.165, 1.54) is 0 Å². The van der Waals surface area contributed by atoms with Gasteiger partial charge in [0.25, 0.3) is 5.91 Å². The molecule has 36 heavy (non-hydrogen) atoms. The molecule has 5 rings (SSSR count). The van der Waals surface area contributed by atoms with Gasteiger partial charge in [0.2, 0.25) is 5.91 Å². The van der Waals surface area contributed by atoms with Crippen LogP contribution < -0.4 is 4.90 Å². The van der Waals surface area contributed by atoms with Crippen LogP contribution in [-0.4, -0.2) is 33.9 Å². The van der Waals surface area contributed by atoms with Crippen LogP contribution in [0.1, 0.15) is 47.1 Å². The van der Waals surface area contributed by atoms with E-state index < -0.39 is 0 Å². The first kappa shape index (κ1) is 23.9. The second kappa shape index (κ2) is 9.67. The van der Waals surface area contributed by atoms with Crippen molar-refractivity contribution >= 4 is 29.1 Å². The molecule has 4 aromatic rings. The van der Waals surface area contributed by atoms with Crippen LogP contribution in [0.3, 0.4) is 0 Å². The van der Waals surface area contributed by atoms with Crippen LogP contribution in [0.15, 0.2) is 91.1 Å². The van der Waals surface area contributed by atoms with Gasteiger partial charge in [0.15, 0.2) is 0 Å². The Kier molecular flexibility index (Phi) is 6.42. The van der Waals surface area contributed by atoms with E-state index in [-0.39, 0.29) is 30.4 Å². The van der Waals surface area contributed by atoms with Gasteiger partial charge < -0.3 is 9.47 Å². The van der Waals surface area contributed by atoms with E-state index in [9.17, 15) is 9.59 Å². The molecule has 1 aromatic heterocycles. The zero-order valence-corrected chi connectivity index (χ0v) is 21.3. The standard InChI is InChI=1S/C30H28ClN3O2/c1-20(2)33(30(36)22-15-13-21(3)14-16-22)19-28(35)34-26-11-5-4-10-25(26)32-17-7-12-27(32)29(34)23-8-6-9-24(31)18-23/h4-18,20,29H,19H2,1-3H3/t29-/m1/s1. The maximum atomic E-state index is 14.2. The molecule has 2 heterocycles. The van der Waals surface area contributed by atoms with Crippen molar-refractivity contribution in [3.8, 4) is 5.69 Å². The van der Waals surface area contributed by atoms with Gasteiger partial charge in [0, 0.05) is 22.8 Å². The zero-order chi connectivity index (χ0) is 25.4. The smallest absolute Gasteiger partial charge is 0.254 e. The van der Waals surface area contributed by atoms with Gasteiger partial charge in [0.1, 0.15) is 12.6 Å². The molecule has 1 atom stereocenters. The molecule has 0 spiro atoms. The lowest BCUT2D eigenvalue weighted by atomic mass is 9.97. The summed E-state index contributed by atoms with van der Waals surface area (Å²) in [7, 11) is 0. The second-order valence-electron chi connectivity index (χ2n) is 9.41. The summed E-state index contributed by atoms with van der Waals surface area (Å²) in [4.78, 5) is 31.1. The number of rotatable bonds is 5. The summed E-state index contributed by atoms with van der Waals surface area (Å²) in [6.45, 7) is 5.81. The minimum absolute atomic E-state index is 0.0452. The molecule has 5 nitrogen and oxygen atoms in total. The van der Waals surface area contributed by atoms with Gasteiger partial charge in [-0.3, -0.25) is 14.5 Å².